The summed E-state index contributed by atoms with van der Waals surface area (Å²) in [6, 6.07) is 2.72. The summed E-state index contributed by atoms with van der Waals surface area (Å²) in [6.45, 7) is 8.50. The molecular formula is C22H32N4O. The molecule has 0 saturated carbocycles. The molecule has 3 heterocycles. The number of nitrogens with zero attached hydrogens (tertiary/aromatic N) is 2. The van der Waals surface area contributed by atoms with Crippen molar-refractivity contribution in [1.29, 1.82) is 0 Å². The van der Waals surface area contributed by atoms with Crippen LogP contribution in [-0.4, -0.2) is 39.9 Å². The molecule has 1 fully saturated rings. The molecule has 2 aromatic rings. The maximum absolute atomic E-state index is 10.9. The molecule has 0 aromatic carbocycles. The maximum Gasteiger partial charge on any atom is 0.221 e. The molecule has 1 saturated heterocycles. The average Bonchev–Trinajstić information content (AvgIpc) is 3.15. The van der Waals surface area contributed by atoms with E-state index < -0.39 is 0 Å². The standard InChI is InChI=1S/C12H21N.C10H11N3O/c1-11-6-5-9-13(10-11)12-7-3-2-4-8-12;1-6-8-3-4-11-10(8)12-5-9(6)13-7(2)14/h3,7,11-12H,2,4-6,8-10H2,1H3;3-5H,1-2H3,(H,11,12)(H,13,14)/t11-,12?;/m1./s1. The lowest BCUT2D eigenvalue weighted by molar-refractivity contribution is -0.114. The first-order valence-corrected chi connectivity index (χ1v) is 10.2. The van der Waals surface area contributed by atoms with Gasteiger partial charge >= 0.3 is 0 Å². The van der Waals surface area contributed by atoms with Crippen molar-refractivity contribution < 1.29 is 4.79 Å². The Morgan fingerprint density at radius 1 is 1.33 bits per heavy atom. The molecule has 1 amide bonds. The molecule has 0 spiro atoms. The number of aromatic amines is 1. The zero-order valence-electron chi connectivity index (χ0n) is 16.8. The Kier molecular flexibility index (Phi) is 6.67. The van der Waals surface area contributed by atoms with E-state index in [0.717, 1.165) is 34.2 Å². The van der Waals surface area contributed by atoms with Crippen molar-refractivity contribution in [3.05, 3.63) is 36.2 Å². The van der Waals surface area contributed by atoms with Gasteiger partial charge in [-0.2, -0.15) is 0 Å². The van der Waals surface area contributed by atoms with Crippen LogP contribution in [-0.2, 0) is 4.79 Å². The summed E-state index contributed by atoms with van der Waals surface area (Å²) < 4.78 is 0. The Balaban J connectivity index is 0.000000156. The summed E-state index contributed by atoms with van der Waals surface area (Å²) in [4.78, 5) is 20.8. The highest BCUT2D eigenvalue weighted by Gasteiger charge is 2.22. The zero-order valence-corrected chi connectivity index (χ0v) is 16.8. The van der Waals surface area contributed by atoms with E-state index in [1.54, 1.807) is 6.20 Å². The third-order valence-electron chi connectivity index (χ3n) is 5.55. The molecule has 2 N–H and O–H groups in total. The Morgan fingerprint density at radius 3 is 2.89 bits per heavy atom. The predicted molar refractivity (Wildman–Crippen MR) is 112 cm³/mol. The first-order chi connectivity index (χ1) is 13.0. The number of carbonyl (C=O) groups excluding carboxylic acids is 1. The molecule has 0 radical (unpaired) electrons. The van der Waals surface area contributed by atoms with E-state index in [-0.39, 0.29) is 5.91 Å². The van der Waals surface area contributed by atoms with E-state index in [1.165, 1.54) is 52.1 Å². The van der Waals surface area contributed by atoms with E-state index in [0.29, 0.717) is 0 Å². The number of rotatable bonds is 2. The lowest BCUT2D eigenvalue weighted by Gasteiger charge is -2.37. The van der Waals surface area contributed by atoms with Gasteiger partial charge in [0.1, 0.15) is 5.65 Å². The number of hydrogen-bond acceptors (Lipinski definition) is 3. The number of fused-ring (bicyclic) bond motifs is 1. The molecule has 5 heteroatoms. The van der Waals surface area contributed by atoms with Gasteiger partial charge in [0.05, 0.1) is 11.9 Å². The number of pyridine rings is 1. The Labute approximate surface area is 162 Å². The second-order valence-corrected chi connectivity index (χ2v) is 7.89. The number of hydrogen-bond donors (Lipinski definition) is 2. The number of allylic oxidation sites excluding steroid dienone is 1. The minimum Gasteiger partial charge on any atom is -0.346 e. The molecule has 1 aliphatic carbocycles. The van der Waals surface area contributed by atoms with Crippen LogP contribution in [0.5, 0.6) is 0 Å². The van der Waals surface area contributed by atoms with Crippen LogP contribution in [0, 0.1) is 12.8 Å². The second kappa shape index (κ2) is 9.18. The smallest absolute Gasteiger partial charge is 0.221 e. The van der Waals surface area contributed by atoms with Crippen LogP contribution >= 0.6 is 0 Å². The molecule has 2 atom stereocenters. The topological polar surface area (TPSA) is 61.0 Å². The van der Waals surface area contributed by atoms with Gasteiger partial charge in [-0.3, -0.25) is 9.69 Å². The molecule has 0 bridgehead atoms. The van der Waals surface area contributed by atoms with E-state index in [1.807, 2.05) is 19.2 Å². The molecular weight excluding hydrogens is 336 g/mol. The highest BCUT2D eigenvalue weighted by atomic mass is 16.1. The van der Waals surface area contributed by atoms with Crippen LogP contribution < -0.4 is 5.32 Å². The Hall–Kier alpha value is -2.14. The normalized spacial score (nSPS) is 22.9. The number of amides is 1. The second-order valence-electron chi connectivity index (χ2n) is 7.89. The summed E-state index contributed by atoms with van der Waals surface area (Å²) >= 11 is 0. The maximum atomic E-state index is 10.9. The third-order valence-corrected chi connectivity index (χ3v) is 5.55. The summed E-state index contributed by atoms with van der Waals surface area (Å²) in [5.41, 5.74) is 2.65. The van der Waals surface area contributed by atoms with Crippen molar-refractivity contribution in [2.45, 2.75) is 58.9 Å². The molecule has 2 aliphatic rings. The summed E-state index contributed by atoms with van der Waals surface area (Å²) in [7, 11) is 0. The van der Waals surface area contributed by atoms with Gasteiger partial charge < -0.3 is 10.3 Å². The predicted octanol–water partition coefficient (Wildman–Crippen LogP) is 4.66. The van der Waals surface area contributed by atoms with Gasteiger partial charge in [-0.25, -0.2) is 4.98 Å². The highest BCUT2D eigenvalue weighted by Crippen LogP contribution is 2.23. The first kappa shape index (κ1) is 19.6. The van der Waals surface area contributed by atoms with Gasteiger partial charge in [0.25, 0.3) is 0 Å². The van der Waals surface area contributed by atoms with Crippen LogP contribution in [0.1, 0.15) is 51.5 Å². The van der Waals surface area contributed by atoms with Crippen LogP contribution in [0.2, 0.25) is 0 Å². The van der Waals surface area contributed by atoms with E-state index in [4.69, 9.17) is 0 Å². The van der Waals surface area contributed by atoms with Gasteiger partial charge in [0, 0.05) is 31.1 Å². The van der Waals surface area contributed by atoms with Crippen LogP contribution in [0.25, 0.3) is 11.0 Å². The van der Waals surface area contributed by atoms with Crippen molar-refractivity contribution in [2.75, 3.05) is 18.4 Å². The van der Waals surface area contributed by atoms with Crippen molar-refractivity contribution in [1.82, 2.24) is 14.9 Å². The number of piperidine rings is 1. The van der Waals surface area contributed by atoms with Gasteiger partial charge in [0.2, 0.25) is 5.91 Å². The Morgan fingerprint density at radius 2 is 2.19 bits per heavy atom. The fourth-order valence-electron chi connectivity index (χ4n) is 4.08. The van der Waals surface area contributed by atoms with Crippen LogP contribution in [0.3, 0.4) is 0 Å². The highest BCUT2D eigenvalue weighted by molar-refractivity contribution is 5.93. The summed E-state index contributed by atoms with van der Waals surface area (Å²) in [6.07, 6.45) is 15.2. The van der Waals surface area contributed by atoms with E-state index in [2.05, 4.69) is 39.3 Å². The van der Waals surface area contributed by atoms with Crippen molar-refractivity contribution in [3.63, 3.8) is 0 Å². The molecule has 1 unspecified atom stereocenters. The minimum absolute atomic E-state index is 0.0789. The lowest BCUT2D eigenvalue weighted by Crippen LogP contribution is -2.41. The first-order valence-electron chi connectivity index (χ1n) is 10.2. The summed E-state index contributed by atoms with van der Waals surface area (Å²) in [5, 5.41) is 3.78. The Bertz CT molecular complexity index is 795. The quantitative estimate of drug-likeness (QED) is 0.758. The number of carbonyl (C=O) groups is 1. The molecule has 146 valence electrons. The van der Waals surface area contributed by atoms with E-state index in [9.17, 15) is 4.79 Å². The number of anilines is 1. The average molecular weight is 369 g/mol. The zero-order chi connectivity index (χ0) is 19.2. The number of aryl methyl sites for hydroxylation is 1. The third kappa shape index (κ3) is 5.19. The number of nitrogens with one attached hydrogen (secondary N) is 2. The fraction of sp³-hybridized carbons (Fsp3) is 0.545. The molecule has 27 heavy (non-hydrogen) atoms. The van der Waals surface area contributed by atoms with E-state index >= 15 is 0 Å². The number of likely N-dealkylation sites (tertiary alicyclic amines) is 1. The van der Waals surface area contributed by atoms with Gasteiger partial charge in [-0.1, -0.05) is 19.1 Å². The van der Waals surface area contributed by atoms with Crippen LogP contribution in [0.4, 0.5) is 5.69 Å². The van der Waals surface area contributed by atoms with Gasteiger partial charge in [-0.15, -0.1) is 0 Å². The number of aromatic nitrogens is 2. The monoisotopic (exact) mass is 368 g/mol. The molecule has 2 aromatic heterocycles. The van der Waals surface area contributed by atoms with Crippen molar-refractivity contribution >= 4 is 22.6 Å². The molecule has 1 aliphatic heterocycles. The minimum atomic E-state index is -0.0789. The fourth-order valence-corrected chi connectivity index (χ4v) is 4.08. The molecule has 4 rings (SSSR count). The molecule has 5 nitrogen and oxygen atoms in total. The van der Waals surface area contributed by atoms with Gasteiger partial charge in [-0.05, 0) is 63.1 Å². The largest absolute Gasteiger partial charge is 0.346 e. The SMILES string of the molecule is CC(=O)Nc1cnc2[nH]ccc2c1C.C[C@@H]1CCCN(C2C=CCCC2)C1. The number of H-pyrrole nitrogens is 1. The lowest BCUT2D eigenvalue weighted by atomic mass is 9.95. The van der Waals surface area contributed by atoms with Crippen molar-refractivity contribution in [3.8, 4) is 0 Å². The van der Waals surface area contributed by atoms with Crippen molar-refractivity contribution in [2.24, 2.45) is 5.92 Å². The summed E-state index contributed by atoms with van der Waals surface area (Å²) in [5.74, 6) is 0.842. The van der Waals surface area contributed by atoms with Gasteiger partial charge in [0.15, 0.2) is 0 Å². The van der Waals surface area contributed by atoms with Crippen LogP contribution in [0.15, 0.2) is 30.6 Å².